The molecule has 3 fully saturated rings. The summed E-state index contributed by atoms with van der Waals surface area (Å²) in [6.07, 6.45) is 5.78. The molecule has 3 aliphatic heterocycles. The average Bonchev–Trinajstić information content (AvgIpc) is 2.82. The first-order valence-electron chi connectivity index (χ1n) is 6.35. The first-order valence-corrected chi connectivity index (χ1v) is 6.35. The molecule has 3 heterocycles. The van der Waals surface area contributed by atoms with Crippen LogP contribution in [0.1, 0.15) is 32.1 Å². The molecule has 0 radical (unpaired) electrons. The minimum Gasteiger partial charge on any atom is -0.393 e. The van der Waals surface area contributed by atoms with Gasteiger partial charge in [0.1, 0.15) is 0 Å². The van der Waals surface area contributed by atoms with Gasteiger partial charge in [-0.15, -0.1) is 0 Å². The largest absolute Gasteiger partial charge is 0.393 e. The van der Waals surface area contributed by atoms with Crippen LogP contribution in [0.25, 0.3) is 0 Å². The quantitative estimate of drug-likeness (QED) is 0.713. The van der Waals surface area contributed by atoms with Gasteiger partial charge >= 0.3 is 0 Å². The van der Waals surface area contributed by atoms with Crippen LogP contribution in [0.2, 0.25) is 0 Å². The highest BCUT2D eigenvalue weighted by Crippen LogP contribution is 2.36. The van der Waals surface area contributed by atoms with Gasteiger partial charge in [-0.25, -0.2) is 0 Å². The number of piperidine rings is 1. The summed E-state index contributed by atoms with van der Waals surface area (Å²) in [5.41, 5.74) is 0. The fraction of sp³-hybridized carbons (Fsp3) is 1.00. The third kappa shape index (κ3) is 1.93. The van der Waals surface area contributed by atoms with E-state index in [2.05, 4.69) is 5.32 Å². The molecule has 2 bridgehead atoms. The fourth-order valence-corrected chi connectivity index (χ4v) is 3.58. The summed E-state index contributed by atoms with van der Waals surface area (Å²) in [5.74, 6) is 1.18. The highest BCUT2D eigenvalue weighted by atomic mass is 16.5. The first-order chi connectivity index (χ1) is 7.33. The number of hydrogen-bond acceptors (Lipinski definition) is 3. The Morgan fingerprint density at radius 3 is 3.00 bits per heavy atom. The highest BCUT2D eigenvalue weighted by Gasteiger charge is 2.41. The van der Waals surface area contributed by atoms with Crippen LogP contribution in [0.4, 0.5) is 0 Å². The molecule has 0 aromatic rings. The summed E-state index contributed by atoms with van der Waals surface area (Å²) in [4.78, 5) is 0. The molecule has 86 valence electrons. The Morgan fingerprint density at radius 1 is 1.27 bits per heavy atom. The van der Waals surface area contributed by atoms with E-state index in [0.29, 0.717) is 23.9 Å². The Hall–Kier alpha value is -0.120. The molecule has 0 aliphatic carbocycles. The van der Waals surface area contributed by atoms with Crippen LogP contribution >= 0.6 is 0 Å². The molecule has 3 aliphatic rings. The van der Waals surface area contributed by atoms with Gasteiger partial charge in [0.25, 0.3) is 0 Å². The highest BCUT2D eigenvalue weighted by molar-refractivity contribution is 4.98. The van der Waals surface area contributed by atoms with Crippen molar-refractivity contribution >= 4 is 0 Å². The summed E-state index contributed by atoms with van der Waals surface area (Å²) in [7, 11) is 0. The van der Waals surface area contributed by atoms with Crippen LogP contribution in [-0.4, -0.2) is 36.5 Å². The van der Waals surface area contributed by atoms with Crippen molar-refractivity contribution in [3.05, 3.63) is 0 Å². The Balaban J connectivity index is 1.62. The zero-order chi connectivity index (χ0) is 10.3. The molecular formula is C12H21NO2. The second-order valence-corrected chi connectivity index (χ2v) is 5.48. The third-order valence-corrected chi connectivity index (χ3v) is 4.44. The van der Waals surface area contributed by atoms with Gasteiger partial charge in [-0.05, 0) is 38.0 Å². The number of aliphatic hydroxyl groups excluding tert-OH is 1. The lowest BCUT2D eigenvalue weighted by atomic mass is 9.82. The smallest absolute Gasteiger partial charge is 0.0598 e. The van der Waals surface area contributed by atoms with Gasteiger partial charge in [-0.2, -0.15) is 0 Å². The molecule has 15 heavy (non-hydrogen) atoms. The van der Waals surface area contributed by atoms with Crippen molar-refractivity contribution in [2.45, 2.75) is 50.3 Å². The number of hydrogen-bond donors (Lipinski definition) is 2. The van der Waals surface area contributed by atoms with E-state index in [0.717, 1.165) is 26.1 Å². The topological polar surface area (TPSA) is 41.5 Å². The van der Waals surface area contributed by atoms with Crippen LogP contribution < -0.4 is 5.32 Å². The van der Waals surface area contributed by atoms with Gasteiger partial charge in [-0.1, -0.05) is 0 Å². The summed E-state index contributed by atoms with van der Waals surface area (Å²) in [6, 6.07) is 1.18. The fourth-order valence-electron chi connectivity index (χ4n) is 3.58. The molecule has 3 saturated heterocycles. The van der Waals surface area contributed by atoms with Crippen LogP contribution in [0.5, 0.6) is 0 Å². The minimum absolute atomic E-state index is 0.0654. The number of ether oxygens (including phenoxy) is 1. The van der Waals surface area contributed by atoms with Gasteiger partial charge in [0.2, 0.25) is 0 Å². The van der Waals surface area contributed by atoms with Crippen LogP contribution in [0.3, 0.4) is 0 Å². The molecule has 0 saturated carbocycles. The molecule has 0 spiro atoms. The van der Waals surface area contributed by atoms with E-state index >= 15 is 0 Å². The van der Waals surface area contributed by atoms with Crippen molar-refractivity contribution in [1.82, 2.24) is 5.32 Å². The standard InChI is InChI=1S/C12H21NO2/c14-12-6-9-1-2-11(13-9)10(12)5-8-3-4-15-7-8/h8-14H,1-7H2. The van der Waals surface area contributed by atoms with Crippen molar-refractivity contribution in [3.63, 3.8) is 0 Å². The van der Waals surface area contributed by atoms with E-state index in [4.69, 9.17) is 4.74 Å². The van der Waals surface area contributed by atoms with E-state index in [1.807, 2.05) is 0 Å². The van der Waals surface area contributed by atoms with Gasteiger partial charge in [0, 0.05) is 31.2 Å². The predicted octanol–water partition coefficient (Wildman–Crippen LogP) is 0.914. The van der Waals surface area contributed by atoms with Gasteiger partial charge in [0.15, 0.2) is 0 Å². The molecular weight excluding hydrogens is 190 g/mol. The molecule has 3 nitrogen and oxygen atoms in total. The van der Waals surface area contributed by atoms with Crippen molar-refractivity contribution in [3.8, 4) is 0 Å². The second kappa shape index (κ2) is 4.04. The molecule has 5 unspecified atom stereocenters. The molecule has 3 heteroatoms. The lowest BCUT2D eigenvalue weighted by Crippen LogP contribution is -2.48. The summed E-state index contributed by atoms with van der Waals surface area (Å²) in [6.45, 7) is 1.84. The SMILES string of the molecule is OC1CC2CCC(N2)C1CC1CCOC1. The van der Waals surface area contributed by atoms with Crippen molar-refractivity contribution in [2.75, 3.05) is 13.2 Å². The number of rotatable bonds is 2. The number of nitrogens with one attached hydrogen (secondary N) is 1. The Labute approximate surface area is 91.2 Å². The van der Waals surface area contributed by atoms with E-state index < -0.39 is 0 Å². The Kier molecular flexibility index (Phi) is 2.71. The van der Waals surface area contributed by atoms with Crippen LogP contribution in [-0.2, 0) is 4.74 Å². The summed E-state index contributed by atoms with van der Waals surface area (Å²) < 4.78 is 5.41. The van der Waals surface area contributed by atoms with Crippen LogP contribution in [0, 0.1) is 11.8 Å². The van der Waals surface area contributed by atoms with Crippen molar-refractivity contribution in [2.24, 2.45) is 11.8 Å². The molecule has 0 aromatic carbocycles. The summed E-state index contributed by atoms with van der Waals surface area (Å²) >= 11 is 0. The Bertz CT molecular complexity index is 228. The van der Waals surface area contributed by atoms with Crippen molar-refractivity contribution in [1.29, 1.82) is 0 Å². The minimum atomic E-state index is -0.0654. The number of aliphatic hydroxyl groups is 1. The molecule has 5 atom stereocenters. The van der Waals surface area contributed by atoms with Gasteiger partial charge < -0.3 is 15.2 Å². The van der Waals surface area contributed by atoms with Gasteiger partial charge in [-0.3, -0.25) is 0 Å². The van der Waals surface area contributed by atoms with Gasteiger partial charge in [0.05, 0.1) is 6.10 Å². The lowest BCUT2D eigenvalue weighted by molar-refractivity contribution is 0.0377. The van der Waals surface area contributed by atoms with E-state index in [1.54, 1.807) is 0 Å². The predicted molar refractivity (Wildman–Crippen MR) is 57.6 cm³/mol. The lowest BCUT2D eigenvalue weighted by Gasteiger charge is -2.36. The monoisotopic (exact) mass is 211 g/mol. The zero-order valence-electron chi connectivity index (χ0n) is 9.19. The maximum atomic E-state index is 10.1. The number of fused-ring (bicyclic) bond motifs is 2. The maximum absolute atomic E-state index is 10.1. The molecule has 0 aromatic heterocycles. The molecule has 2 N–H and O–H groups in total. The summed E-state index contributed by atoms with van der Waals surface area (Å²) in [5, 5.41) is 13.8. The van der Waals surface area contributed by atoms with E-state index in [9.17, 15) is 5.11 Å². The van der Waals surface area contributed by atoms with E-state index in [1.165, 1.54) is 19.3 Å². The molecule has 3 rings (SSSR count). The first kappa shape index (κ1) is 10.1. The third-order valence-electron chi connectivity index (χ3n) is 4.44. The van der Waals surface area contributed by atoms with Crippen molar-refractivity contribution < 1.29 is 9.84 Å². The molecule has 0 amide bonds. The van der Waals surface area contributed by atoms with Crippen LogP contribution in [0.15, 0.2) is 0 Å². The average molecular weight is 211 g/mol. The normalized spacial score (nSPS) is 49.8. The zero-order valence-corrected chi connectivity index (χ0v) is 9.19. The maximum Gasteiger partial charge on any atom is 0.0598 e. The Morgan fingerprint density at radius 2 is 2.20 bits per heavy atom. The second-order valence-electron chi connectivity index (χ2n) is 5.48. The van der Waals surface area contributed by atoms with E-state index in [-0.39, 0.29) is 6.10 Å².